The van der Waals surface area contributed by atoms with E-state index in [1.807, 2.05) is 0 Å². The molecule has 2 atom stereocenters. The van der Waals surface area contributed by atoms with Crippen molar-refractivity contribution >= 4 is 11.8 Å². The third-order valence-electron chi connectivity index (χ3n) is 2.18. The molecule has 0 aliphatic heterocycles. The predicted molar refractivity (Wildman–Crippen MR) is 56.1 cm³/mol. The zero-order valence-corrected chi connectivity index (χ0v) is 8.69. The Hall–Kier alpha value is -0.980. The summed E-state index contributed by atoms with van der Waals surface area (Å²) < 4.78 is 0. The van der Waals surface area contributed by atoms with E-state index in [0.29, 0.717) is 19.4 Å². The lowest BCUT2D eigenvalue weighted by molar-refractivity contribution is -0.146. The minimum Gasteiger partial charge on any atom is -0.481 e. The molecule has 0 aromatic heterocycles. The van der Waals surface area contributed by atoms with Gasteiger partial charge in [0.2, 0.25) is 0 Å². The molecule has 7 N–H and O–H groups in total. The van der Waals surface area contributed by atoms with Crippen LogP contribution in [0.1, 0.15) is 19.3 Å². The monoisotopic (exact) mass is 217 g/mol. The van der Waals surface area contributed by atoms with Crippen LogP contribution >= 0.6 is 0 Å². The number of carbonyl (C=O) groups is 2. The zero-order valence-electron chi connectivity index (χ0n) is 8.69. The van der Waals surface area contributed by atoms with Gasteiger partial charge in [-0.1, -0.05) is 0 Å². The van der Waals surface area contributed by atoms with Crippen LogP contribution in [0.15, 0.2) is 0 Å². The Balaban J connectivity index is 4.28. The number of Topliss-reactive ketones (excluding diaryl/α,β-unsaturated/α-hetero) is 1. The summed E-state index contributed by atoms with van der Waals surface area (Å²) in [5, 5.41) is 8.79. The fourth-order valence-electron chi connectivity index (χ4n) is 1.29. The molecule has 0 saturated carbocycles. The second-order valence-corrected chi connectivity index (χ2v) is 3.41. The maximum atomic E-state index is 11.6. The quantitative estimate of drug-likeness (QED) is 0.372. The first-order chi connectivity index (χ1) is 7.04. The van der Waals surface area contributed by atoms with Crippen LogP contribution in [0, 0.1) is 5.92 Å². The van der Waals surface area contributed by atoms with Crippen LogP contribution in [-0.2, 0) is 9.59 Å². The highest BCUT2D eigenvalue weighted by molar-refractivity contribution is 6.00. The van der Waals surface area contributed by atoms with Gasteiger partial charge in [0.05, 0.1) is 6.04 Å². The van der Waals surface area contributed by atoms with Crippen LogP contribution in [0.5, 0.6) is 0 Å². The van der Waals surface area contributed by atoms with Gasteiger partial charge in [-0.2, -0.15) is 0 Å². The van der Waals surface area contributed by atoms with Crippen molar-refractivity contribution in [1.82, 2.24) is 0 Å². The van der Waals surface area contributed by atoms with Crippen molar-refractivity contribution in [2.75, 3.05) is 13.1 Å². The first kappa shape index (κ1) is 14.0. The maximum Gasteiger partial charge on any atom is 0.314 e. The summed E-state index contributed by atoms with van der Waals surface area (Å²) in [5.41, 5.74) is 16.1. The molecule has 0 aromatic carbocycles. The Morgan fingerprint density at radius 1 is 1.13 bits per heavy atom. The first-order valence-corrected chi connectivity index (χ1v) is 4.96. The number of carbonyl (C=O) groups excluding carboxylic acids is 1. The number of carboxylic acid groups (broad SMARTS) is 1. The number of carboxylic acids is 1. The zero-order chi connectivity index (χ0) is 11.8. The summed E-state index contributed by atoms with van der Waals surface area (Å²) in [4.78, 5) is 22.3. The molecule has 0 rings (SSSR count). The lowest BCUT2D eigenvalue weighted by Gasteiger charge is -2.15. The van der Waals surface area contributed by atoms with E-state index in [2.05, 4.69) is 0 Å². The van der Waals surface area contributed by atoms with Crippen molar-refractivity contribution in [1.29, 1.82) is 0 Å². The van der Waals surface area contributed by atoms with Crippen LogP contribution < -0.4 is 17.2 Å². The summed E-state index contributed by atoms with van der Waals surface area (Å²) in [6, 6.07) is -0.749. The van der Waals surface area contributed by atoms with E-state index in [-0.39, 0.29) is 13.0 Å². The number of hydrogen-bond acceptors (Lipinski definition) is 5. The molecule has 0 heterocycles. The molecule has 0 amide bonds. The normalized spacial score (nSPS) is 14.6. The molecule has 0 fully saturated rings. The smallest absolute Gasteiger partial charge is 0.314 e. The van der Waals surface area contributed by atoms with Gasteiger partial charge in [-0.3, -0.25) is 9.59 Å². The van der Waals surface area contributed by atoms with E-state index in [1.165, 1.54) is 0 Å². The summed E-state index contributed by atoms with van der Waals surface area (Å²) in [7, 11) is 0. The molecule has 2 unspecified atom stereocenters. The second-order valence-electron chi connectivity index (χ2n) is 3.41. The average Bonchev–Trinajstić information content (AvgIpc) is 2.21. The molecule has 0 aliphatic rings. The SMILES string of the molecule is NCCCC(N)C(=O)C(CCN)C(=O)O. The number of ketones is 1. The van der Waals surface area contributed by atoms with E-state index >= 15 is 0 Å². The van der Waals surface area contributed by atoms with Crippen molar-refractivity contribution < 1.29 is 14.7 Å². The van der Waals surface area contributed by atoms with Gasteiger partial charge in [0, 0.05) is 0 Å². The van der Waals surface area contributed by atoms with E-state index in [4.69, 9.17) is 22.3 Å². The molecule has 88 valence electrons. The van der Waals surface area contributed by atoms with Crippen molar-refractivity contribution in [3.8, 4) is 0 Å². The van der Waals surface area contributed by atoms with E-state index < -0.39 is 23.7 Å². The Kier molecular flexibility index (Phi) is 6.85. The van der Waals surface area contributed by atoms with Gasteiger partial charge in [-0.25, -0.2) is 0 Å². The molecule has 0 spiro atoms. The minimum absolute atomic E-state index is 0.129. The number of nitrogens with two attached hydrogens (primary N) is 3. The third kappa shape index (κ3) is 4.87. The van der Waals surface area contributed by atoms with E-state index in [1.54, 1.807) is 0 Å². The van der Waals surface area contributed by atoms with Crippen molar-refractivity contribution in [3.63, 3.8) is 0 Å². The van der Waals surface area contributed by atoms with Crippen LogP contribution in [0.4, 0.5) is 0 Å². The molecule has 0 saturated heterocycles. The number of hydrogen-bond donors (Lipinski definition) is 4. The van der Waals surface area contributed by atoms with Crippen LogP contribution in [0.2, 0.25) is 0 Å². The van der Waals surface area contributed by atoms with Gasteiger partial charge >= 0.3 is 5.97 Å². The van der Waals surface area contributed by atoms with Crippen molar-refractivity contribution in [3.05, 3.63) is 0 Å². The maximum absolute atomic E-state index is 11.6. The van der Waals surface area contributed by atoms with Gasteiger partial charge in [-0.15, -0.1) is 0 Å². The molecule has 6 heteroatoms. The fourth-order valence-corrected chi connectivity index (χ4v) is 1.29. The van der Waals surface area contributed by atoms with Crippen LogP contribution in [0.3, 0.4) is 0 Å². The van der Waals surface area contributed by atoms with E-state index in [0.717, 1.165) is 0 Å². The Morgan fingerprint density at radius 3 is 2.13 bits per heavy atom. The van der Waals surface area contributed by atoms with Crippen LogP contribution in [0.25, 0.3) is 0 Å². The fraction of sp³-hybridized carbons (Fsp3) is 0.778. The predicted octanol–water partition coefficient (Wildman–Crippen LogP) is -1.33. The molecule has 0 aromatic rings. The molecular weight excluding hydrogens is 198 g/mol. The van der Waals surface area contributed by atoms with Gasteiger partial charge in [-0.05, 0) is 32.4 Å². The second kappa shape index (κ2) is 7.33. The summed E-state index contributed by atoms with van der Waals surface area (Å²) in [6.07, 6.45) is 1.16. The van der Waals surface area contributed by atoms with Crippen molar-refractivity contribution in [2.45, 2.75) is 25.3 Å². The lowest BCUT2D eigenvalue weighted by atomic mass is 9.93. The number of aliphatic carboxylic acids is 1. The topological polar surface area (TPSA) is 132 Å². The standard InChI is InChI=1S/C9H19N3O3/c10-4-1-2-7(12)8(13)6(3-5-11)9(14)15/h6-7H,1-5,10-12H2,(H,14,15). The van der Waals surface area contributed by atoms with Gasteiger partial charge < -0.3 is 22.3 Å². The lowest BCUT2D eigenvalue weighted by Crippen LogP contribution is -2.40. The average molecular weight is 217 g/mol. The van der Waals surface area contributed by atoms with Gasteiger partial charge in [0.1, 0.15) is 5.92 Å². The van der Waals surface area contributed by atoms with Gasteiger partial charge in [0.25, 0.3) is 0 Å². The first-order valence-electron chi connectivity index (χ1n) is 4.96. The van der Waals surface area contributed by atoms with Crippen LogP contribution in [-0.4, -0.2) is 36.0 Å². The largest absolute Gasteiger partial charge is 0.481 e. The molecular formula is C9H19N3O3. The molecule has 0 radical (unpaired) electrons. The van der Waals surface area contributed by atoms with Crippen molar-refractivity contribution in [2.24, 2.45) is 23.1 Å². The highest BCUT2D eigenvalue weighted by Crippen LogP contribution is 2.09. The Labute approximate surface area is 88.8 Å². The number of rotatable bonds is 8. The molecule has 0 aliphatic carbocycles. The molecule has 0 bridgehead atoms. The summed E-state index contributed by atoms with van der Waals surface area (Å²) >= 11 is 0. The van der Waals surface area contributed by atoms with E-state index in [9.17, 15) is 9.59 Å². The molecule has 6 nitrogen and oxygen atoms in total. The molecule has 15 heavy (non-hydrogen) atoms. The Bertz CT molecular complexity index is 221. The summed E-state index contributed by atoms with van der Waals surface area (Å²) in [6.45, 7) is 0.599. The third-order valence-corrected chi connectivity index (χ3v) is 2.18. The highest BCUT2D eigenvalue weighted by atomic mass is 16.4. The summed E-state index contributed by atoms with van der Waals surface area (Å²) in [5.74, 6) is -2.70. The minimum atomic E-state index is -1.16. The van der Waals surface area contributed by atoms with Gasteiger partial charge in [0.15, 0.2) is 5.78 Å². The Morgan fingerprint density at radius 2 is 1.73 bits per heavy atom. The highest BCUT2D eigenvalue weighted by Gasteiger charge is 2.29.